The maximum atomic E-state index is 12.7. The molecule has 0 atom stereocenters. The van der Waals surface area contributed by atoms with E-state index in [0.717, 1.165) is 43.8 Å². The highest BCUT2D eigenvalue weighted by atomic mass is 16.3. The van der Waals surface area contributed by atoms with Crippen molar-refractivity contribution in [3.05, 3.63) is 84.9 Å². The Hall–Kier alpha value is -3.66. The Labute approximate surface area is 155 Å². The summed E-state index contributed by atoms with van der Waals surface area (Å²) in [5.74, 6) is -0.0741. The Balaban J connectivity index is 1.50. The molecule has 0 fully saturated rings. The van der Waals surface area contributed by atoms with Gasteiger partial charge in [0.15, 0.2) is 0 Å². The molecule has 0 aliphatic carbocycles. The largest absolute Gasteiger partial charge is 0.464 e. The molecule has 3 aromatic carbocycles. The number of anilines is 1. The molecule has 130 valence electrons. The molecule has 0 spiro atoms. The molecule has 0 unspecified atom stereocenters. The van der Waals surface area contributed by atoms with E-state index in [4.69, 9.17) is 4.42 Å². The number of carbonyl (C=O) groups is 1. The fourth-order valence-electron chi connectivity index (χ4n) is 3.60. The van der Waals surface area contributed by atoms with Gasteiger partial charge in [-0.25, -0.2) is 0 Å². The molecule has 2 heterocycles. The summed E-state index contributed by atoms with van der Waals surface area (Å²) in [5.41, 5.74) is 2.48. The number of amides is 1. The Bertz CT molecular complexity index is 1300. The third-order valence-electron chi connectivity index (χ3n) is 4.85. The third-order valence-corrected chi connectivity index (χ3v) is 4.85. The second kappa shape index (κ2) is 6.25. The average molecular weight is 352 g/mol. The van der Waals surface area contributed by atoms with Crippen LogP contribution in [0.3, 0.4) is 0 Å². The van der Waals surface area contributed by atoms with E-state index in [0.29, 0.717) is 0 Å². The number of fused-ring (bicyclic) bond motifs is 4. The van der Waals surface area contributed by atoms with Crippen LogP contribution in [-0.2, 0) is 11.2 Å². The molecule has 4 nitrogen and oxygen atoms in total. The molecule has 0 bridgehead atoms. The topological polar surface area (TPSA) is 55.1 Å². The number of rotatable bonds is 3. The normalized spacial score (nSPS) is 11.3. The maximum absolute atomic E-state index is 12.7. The summed E-state index contributed by atoms with van der Waals surface area (Å²) in [4.78, 5) is 16.9. The van der Waals surface area contributed by atoms with Crippen LogP contribution in [0.25, 0.3) is 32.5 Å². The average Bonchev–Trinajstić information content (AvgIpc) is 3.11. The van der Waals surface area contributed by atoms with Crippen LogP contribution in [0.5, 0.6) is 0 Å². The zero-order chi connectivity index (χ0) is 18.2. The SMILES string of the molecule is O=C(Cc1coc2ccc3ccccc3c12)Nc1cccc2cnccc12. The van der Waals surface area contributed by atoms with Gasteiger partial charge in [-0.3, -0.25) is 9.78 Å². The fraction of sp³-hybridized carbons (Fsp3) is 0.0435. The fourth-order valence-corrected chi connectivity index (χ4v) is 3.60. The number of benzene rings is 3. The van der Waals surface area contributed by atoms with Crippen molar-refractivity contribution in [2.24, 2.45) is 0 Å². The molecule has 0 aliphatic rings. The lowest BCUT2D eigenvalue weighted by atomic mass is 10.0. The van der Waals surface area contributed by atoms with Gasteiger partial charge in [0.25, 0.3) is 0 Å². The van der Waals surface area contributed by atoms with E-state index in [-0.39, 0.29) is 12.3 Å². The van der Waals surface area contributed by atoms with E-state index in [1.54, 1.807) is 18.7 Å². The van der Waals surface area contributed by atoms with Crippen LogP contribution in [0.1, 0.15) is 5.56 Å². The second-order valence-corrected chi connectivity index (χ2v) is 6.55. The first kappa shape index (κ1) is 15.6. The molecule has 0 saturated heterocycles. The summed E-state index contributed by atoms with van der Waals surface area (Å²) in [6.45, 7) is 0. The van der Waals surface area contributed by atoms with Crippen LogP contribution in [0, 0.1) is 0 Å². The summed E-state index contributed by atoms with van der Waals surface area (Å²) < 4.78 is 5.69. The number of aromatic nitrogens is 1. The van der Waals surface area contributed by atoms with Gasteiger partial charge in [0.05, 0.1) is 12.7 Å². The Morgan fingerprint density at radius 1 is 0.926 bits per heavy atom. The van der Waals surface area contributed by atoms with Crippen molar-refractivity contribution >= 4 is 44.1 Å². The molecule has 1 N–H and O–H groups in total. The molecule has 5 rings (SSSR count). The third kappa shape index (κ3) is 2.72. The van der Waals surface area contributed by atoms with Gasteiger partial charge in [0, 0.05) is 39.8 Å². The van der Waals surface area contributed by atoms with Gasteiger partial charge < -0.3 is 9.73 Å². The number of pyridine rings is 1. The van der Waals surface area contributed by atoms with Crippen molar-refractivity contribution in [1.82, 2.24) is 4.98 Å². The zero-order valence-electron chi connectivity index (χ0n) is 14.5. The van der Waals surface area contributed by atoms with Crippen molar-refractivity contribution in [3.63, 3.8) is 0 Å². The van der Waals surface area contributed by atoms with Gasteiger partial charge in [-0.15, -0.1) is 0 Å². The van der Waals surface area contributed by atoms with Gasteiger partial charge in [-0.05, 0) is 29.0 Å². The molecule has 2 aromatic heterocycles. The monoisotopic (exact) mass is 352 g/mol. The Morgan fingerprint density at radius 3 is 2.78 bits per heavy atom. The van der Waals surface area contributed by atoms with Crippen LogP contribution in [0.2, 0.25) is 0 Å². The molecule has 0 radical (unpaired) electrons. The Morgan fingerprint density at radius 2 is 1.81 bits per heavy atom. The number of furan rings is 1. The minimum absolute atomic E-state index is 0.0741. The molecule has 5 aromatic rings. The van der Waals surface area contributed by atoms with Crippen molar-refractivity contribution in [3.8, 4) is 0 Å². The summed E-state index contributed by atoms with van der Waals surface area (Å²) in [7, 11) is 0. The van der Waals surface area contributed by atoms with Crippen LogP contribution in [-0.4, -0.2) is 10.9 Å². The van der Waals surface area contributed by atoms with E-state index >= 15 is 0 Å². The number of nitrogens with one attached hydrogen (secondary N) is 1. The predicted molar refractivity (Wildman–Crippen MR) is 108 cm³/mol. The standard InChI is InChI=1S/C23H16N2O2/c26-22(25-20-7-3-5-16-13-24-11-10-18(16)20)12-17-14-27-21-9-8-15-4-1-2-6-19(15)23(17)21/h1-11,13-14H,12H2,(H,25,26). The zero-order valence-corrected chi connectivity index (χ0v) is 14.5. The number of nitrogens with zero attached hydrogens (tertiary/aromatic N) is 1. The quantitative estimate of drug-likeness (QED) is 0.478. The molecular formula is C23H16N2O2. The maximum Gasteiger partial charge on any atom is 0.228 e. The minimum atomic E-state index is -0.0741. The lowest BCUT2D eigenvalue weighted by molar-refractivity contribution is -0.115. The second-order valence-electron chi connectivity index (χ2n) is 6.55. The highest BCUT2D eigenvalue weighted by Crippen LogP contribution is 2.30. The van der Waals surface area contributed by atoms with E-state index in [2.05, 4.69) is 22.4 Å². The van der Waals surface area contributed by atoms with Crippen LogP contribution < -0.4 is 5.32 Å². The van der Waals surface area contributed by atoms with Crippen molar-refractivity contribution in [1.29, 1.82) is 0 Å². The predicted octanol–water partition coefficient (Wildman–Crippen LogP) is 5.32. The van der Waals surface area contributed by atoms with E-state index < -0.39 is 0 Å². The van der Waals surface area contributed by atoms with Gasteiger partial charge in [0.2, 0.25) is 5.91 Å². The van der Waals surface area contributed by atoms with E-state index in [1.807, 2.05) is 48.5 Å². The van der Waals surface area contributed by atoms with Gasteiger partial charge in [-0.1, -0.05) is 42.5 Å². The van der Waals surface area contributed by atoms with Gasteiger partial charge >= 0.3 is 0 Å². The van der Waals surface area contributed by atoms with Crippen LogP contribution in [0.4, 0.5) is 5.69 Å². The molecule has 27 heavy (non-hydrogen) atoms. The van der Waals surface area contributed by atoms with Gasteiger partial charge in [-0.2, -0.15) is 0 Å². The Kier molecular flexibility index (Phi) is 3.61. The minimum Gasteiger partial charge on any atom is -0.464 e. The molecule has 1 amide bonds. The van der Waals surface area contributed by atoms with E-state index in [9.17, 15) is 4.79 Å². The lowest BCUT2D eigenvalue weighted by Crippen LogP contribution is -2.14. The highest BCUT2D eigenvalue weighted by molar-refractivity contribution is 6.09. The van der Waals surface area contributed by atoms with Crippen LogP contribution >= 0.6 is 0 Å². The first-order valence-electron chi connectivity index (χ1n) is 8.80. The van der Waals surface area contributed by atoms with Crippen molar-refractivity contribution in [2.75, 3.05) is 5.32 Å². The highest BCUT2D eigenvalue weighted by Gasteiger charge is 2.14. The first-order chi connectivity index (χ1) is 13.3. The first-order valence-corrected chi connectivity index (χ1v) is 8.80. The smallest absolute Gasteiger partial charge is 0.228 e. The molecule has 4 heteroatoms. The molecule has 0 saturated carbocycles. The van der Waals surface area contributed by atoms with Crippen molar-refractivity contribution < 1.29 is 9.21 Å². The van der Waals surface area contributed by atoms with Crippen molar-refractivity contribution in [2.45, 2.75) is 6.42 Å². The number of carbonyl (C=O) groups excluding carboxylic acids is 1. The number of hydrogen-bond donors (Lipinski definition) is 1. The summed E-state index contributed by atoms with van der Waals surface area (Å²) in [5, 5.41) is 8.24. The summed E-state index contributed by atoms with van der Waals surface area (Å²) >= 11 is 0. The van der Waals surface area contributed by atoms with Crippen LogP contribution in [0.15, 0.2) is 83.7 Å². The van der Waals surface area contributed by atoms with E-state index in [1.165, 1.54) is 0 Å². The summed E-state index contributed by atoms with van der Waals surface area (Å²) in [6.07, 6.45) is 5.46. The lowest BCUT2D eigenvalue weighted by Gasteiger charge is -2.08. The number of hydrogen-bond acceptors (Lipinski definition) is 3. The molecule has 0 aliphatic heterocycles. The molecular weight excluding hydrogens is 336 g/mol. The summed E-state index contributed by atoms with van der Waals surface area (Å²) in [6, 6.07) is 19.8. The van der Waals surface area contributed by atoms with Gasteiger partial charge in [0.1, 0.15) is 5.58 Å².